The van der Waals surface area contributed by atoms with E-state index in [-0.39, 0.29) is 23.8 Å². The average molecular weight is 433 g/mol. The van der Waals surface area contributed by atoms with Crippen molar-refractivity contribution in [2.75, 3.05) is 10.2 Å². The number of rotatable bonds is 5. The highest BCUT2D eigenvalue weighted by Gasteiger charge is 2.18. The Bertz CT molecular complexity index is 1060. The topological polar surface area (TPSA) is 75.2 Å². The van der Waals surface area contributed by atoms with Crippen LogP contribution in [-0.4, -0.2) is 22.0 Å². The Morgan fingerprint density at radius 2 is 1.79 bits per heavy atom. The molecule has 29 heavy (non-hydrogen) atoms. The van der Waals surface area contributed by atoms with Crippen molar-refractivity contribution in [2.45, 2.75) is 13.3 Å². The van der Waals surface area contributed by atoms with Crippen molar-refractivity contribution in [1.82, 2.24) is 10.2 Å². The van der Waals surface area contributed by atoms with Crippen molar-refractivity contribution in [1.29, 1.82) is 0 Å². The third-order valence-corrected chi connectivity index (χ3v) is 4.64. The second-order valence-electron chi connectivity index (χ2n) is 6.06. The molecule has 0 aliphatic heterocycles. The number of anilines is 3. The molecule has 2 amide bonds. The fourth-order valence-corrected chi connectivity index (χ4v) is 3.22. The number of hydrogen-bond donors (Lipinski definition) is 1. The van der Waals surface area contributed by atoms with Gasteiger partial charge in [0.2, 0.25) is 11.8 Å². The van der Waals surface area contributed by atoms with Crippen LogP contribution in [0, 0.1) is 5.82 Å². The summed E-state index contributed by atoms with van der Waals surface area (Å²) in [5.41, 5.74) is 1.10. The molecule has 0 aliphatic carbocycles. The van der Waals surface area contributed by atoms with Crippen molar-refractivity contribution in [2.24, 2.45) is 0 Å². The maximum atomic E-state index is 13.6. The largest absolute Gasteiger partial charge is 0.324 e. The lowest BCUT2D eigenvalue weighted by Crippen LogP contribution is -2.24. The van der Waals surface area contributed by atoms with Crippen LogP contribution in [0.15, 0.2) is 54.7 Å². The zero-order chi connectivity index (χ0) is 21.0. The summed E-state index contributed by atoms with van der Waals surface area (Å²) >= 11 is 12.2. The molecule has 3 aromatic rings. The molecule has 148 valence electrons. The first-order chi connectivity index (χ1) is 13.8. The first-order valence-corrected chi connectivity index (χ1v) is 9.22. The highest BCUT2D eigenvalue weighted by molar-refractivity contribution is 6.36. The van der Waals surface area contributed by atoms with E-state index in [1.54, 1.807) is 24.3 Å². The van der Waals surface area contributed by atoms with Crippen molar-refractivity contribution in [3.63, 3.8) is 0 Å². The maximum Gasteiger partial charge on any atom is 0.229 e. The summed E-state index contributed by atoms with van der Waals surface area (Å²) in [6, 6.07) is 12.0. The van der Waals surface area contributed by atoms with Crippen LogP contribution in [0.25, 0.3) is 0 Å². The van der Waals surface area contributed by atoms with Gasteiger partial charge in [0.1, 0.15) is 5.82 Å². The van der Waals surface area contributed by atoms with Gasteiger partial charge >= 0.3 is 0 Å². The van der Waals surface area contributed by atoms with Crippen LogP contribution in [0.2, 0.25) is 10.0 Å². The Morgan fingerprint density at radius 3 is 2.45 bits per heavy atom. The molecule has 1 aromatic heterocycles. The maximum absolute atomic E-state index is 13.6. The smallest absolute Gasteiger partial charge is 0.229 e. The van der Waals surface area contributed by atoms with E-state index in [0.29, 0.717) is 21.3 Å². The van der Waals surface area contributed by atoms with Gasteiger partial charge in [-0.25, -0.2) is 4.39 Å². The van der Waals surface area contributed by atoms with Gasteiger partial charge in [-0.1, -0.05) is 35.3 Å². The molecule has 6 nitrogen and oxygen atoms in total. The molecule has 2 aromatic carbocycles. The summed E-state index contributed by atoms with van der Waals surface area (Å²) in [6.45, 7) is 1.32. The number of carbonyl (C=O) groups is 2. The predicted octanol–water partition coefficient (Wildman–Crippen LogP) is 4.79. The van der Waals surface area contributed by atoms with Gasteiger partial charge in [0.25, 0.3) is 0 Å². The number of nitrogens with one attached hydrogen (secondary N) is 1. The number of nitrogens with zero attached hydrogens (tertiary/aromatic N) is 3. The molecule has 0 spiro atoms. The lowest BCUT2D eigenvalue weighted by molar-refractivity contribution is -0.116. The van der Waals surface area contributed by atoms with Gasteiger partial charge in [-0.15, -0.1) is 5.10 Å². The molecular formula is C20H15Cl2FN4O2. The molecule has 0 radical (unpaired) electrons. The van der Waals surface area contributed by atoms with E-state index in [2.05, 4.69) is 15.5 Å². The standard InChI is InChI=1S/C20H15Cl2FN4O2/c1-12(28)27(15-5-2-4-13(23)8-15)19-9-14(11-24-26-19)25-20(29)10-16-17(21)6-3-7-18(16)22/h2-9,11H,10H2,1H3,(H,25,26,29). The van der Waals surface area contributed by atoms with Gasteiger partial charge in [0.15, 0.2) is 5.82 Å². The molecule has 0 atom stereocenters. The summed E-state index contributed by atoms with van der Waals surface area (Å²) in [4.78, 5) is 25.7. The molecule has 1 heterocycles. The van der Waals surface area contributed by atoms with Gasteiger partial charge in [-0.3, -0.25) is 14.5 Å². The second kappa shape index (κ2) is 8.98. The second-order valence-corrected chi connectivity index (χ2v) is 6.88. The highest BCUT2D eigenvalue weighted by atomic mass is 35.5. The van der Waals surface area contributed by atoms with Gasteiger partial charge < -0.3 is 5.32 Å². The van der Waals surface area contributed by atoms with Crippen LogP contribution in [0.4, 0.5) is 21.6 Å². The van der Waals surface area contributed by atoms with E-state index >= 15 is 0 Å². The predicted molar refractivity (Wildman–Crippen MR) is 110 cm³/mol. The average Bonchev–Trinajstić information content (AvgIpc) is 2.65. The summed E-state index contributed by atoms with van der Waals surface area (Å²) in [5, 5.41) is 11.2. The molecule has 0 bridgehead atoms. The van der Waals surface area contributed by atoms with Gasteiger partial charge in [0.05, 0.1) is 24.0 Å². The summed E-state index contributed by atoms with van der Waals surface area (Å²) in [6.07, 6.45) is 1.29. The zero-order valence-electron chi connectivity index (χ0n) is 15.2. The number of aromatic nitrogens is 2. The van der Waals surface area contributed by atoms with Gasteiger partial charge in [-0.05, 0) is 35.9 Å². The molecule has 0 saturated heterocycles. The Labute approximate surface area is 176 Å². The lowest BCUT2D eigenvalue weighted by atomic mass is 10.1. The molecule has 0 aliphatic rings. The van der Waals surface area contributed by atoms with E-state index < -0.39 is 11.7 Å². The van der Waals surface area contributed by atoms with Gasteiger partial charge in [-0.2, -0.15) is 5.10 Å². The quantitative estimate of drug-likeness (QED) is 0.628. The SMILES string of the molecule is CC(=O)N(c1cccc(F)c1)c1cc(NC(=O)Cc2c(Cl)cccc2Cl)cnn1. The van der Waals surface area contributed by atoms with Crippen LogP contribution >= 0.6 is 23.2 Å². The summed E-state index contributed by atoms with van der Waals surface area (Å²) in [7, 11) is 0. The molecule has 0 saturated carbocycles. The van der Waals surface area contributed by atoms with Crippen LogP contribution < -0.4 is 10.2 Å². The van der Waals surface area contributed by atoms with Gasteiger partial charge in [0, 0.05) is 23.0 Å². The van der Waals surface area contributed by atoms with E-state index in [4.69, 9.17) is 23.2 Å². The number of carbonyl (C=O) groups excluding carboxylic acids is 2. The van der Waals surface area contributed by atoms with Crippen molar-refractivity contribution in [3.8, 4) is 0 Å². The van der Waals surface area contributed by atoms with Crippen molar-refractivity contribution >= 4 is 52.2 Å². The number of benzene rings is 2. The van der Waals surface area contributed by atoms with Crippen LogP contribution in [0.5, 0.6) is 0 Å². The highest BCUT2D eigenvalue weighted by Crippen LogP contribution is 2.27. The molecule has 0 unspecified atom stereocenters. The Morgan fingerprint density at radius 1 is 1.10 bits per heavy atom. The van der Waals surface area contributed by atoms with Crippen LogP contribution in [0.3, 0.4) is 0 Å². The lowest BCUT2D eigenvalue weighted by Gasteiger charge is -2.20. The number of amides is 2. The zero-order valence-corrected chi connectivity index (χ0v) is 16.7. The minimum absolute atomic E-state index is 0.0452. The first-order valence-electron chi connectivity index (χ1n) is 8.47. The fraction of sp³-hybridized carbons (Fsp3) is 0.100. The Balaban J connectivity index is 1.83. The molecule has 1 N–H and O–H groups in total. The first kappa shape index (κ1) is 20.7. The molecular weight excluding hydrogens is 418 g/mol. The normalized spacial score (nSPS) is 10.5. The van der Waals surface area contributed by atoms with Crippen molar-refractivity contribution in [3.05, 3.63) is 76.2 Å². The summed E-state index contributed by atoms with van der Waals surface area (Å²) < 4.78 is 13.6. The monoisotopic (exact) mass is 432 g/mol. The van der Waals surface area contributed by atoms with E-state index in [9.17, 15) is 14.0 Å². The third kappa shape index (κ3) is 5.07. The van der Waals surface area contributed by atoms with E-state index in [1.807, 2.05) is 0 Å². The van der Waals surface area contributed by atoms with E-state index in [0.717, 1.165) is 0 Å². The third-order valence-electron chi connectivity index (χ3n) is 3.93. The number of hydrogen-bond acceptors (Lipinski definition) is 4. The Kier molecular flexibility index (Phi) is 6.41. The van der Waals surface area contributed by atoms with Crippen LogP contribution in [0.1, 0.15) is 12.5 Å². The van der Waals surface area contributed by atoms with Crippen molar-refractivity contribution < 1.29 is 14.0 Å². The number of halogens is 3. The minimum atomic E-state index is -0.497. The Hall–Kier alpha value is -3.03. The van der Waals surface area contributed by atoms with Crippen LogP contribution in [-0.2, 0) is 16.0 Å². The molecule has 3 rings (SSSR count). The minimum Gasteiger partial charge on any atom is -0.324 e. The summed E-state index contributed by atoms with van der Waals surface area (Å²) in [5.74, 6) is -1.13. The van der Waals surface area contributed by atoms with E-state index in [1.165, 1.54) is 42.3 Å². The fourth-order valence-electron chi connectivity index (χ4n) is 2.69. The molecule has 0 fully saturated rings. The molecule has 9 heteroatoms.